The molecular formula is C15H33N3. The predicted molar refractivity (Wildman–Crippen MR) is 80.1 cm³/mol. The molecule has 0 aromatic carbocycles. The van der Waals surface area contributed by atoms with Crippen molar-refractivity contribution in [2.24, 2.45) is 5.92 Å². The fraction of sp³-hybridized carbons (Fsp3) is 1.00. The van der Waals surface area contributed by atoms with E-state index < -0.39 is 0 Å². The third-order valence-corrected chi connectivity index (χ3v) is 4.37. The van der Waals surface area contributed by atoms with E-state index in [-0.39, 0.29) is 0 Å². The highest BCUT2D eigenvalue weighted by Gasteiger charge is 2.29. The van der Waals surface area contributed by atoms with E-state index in [1.165, 1.54) is 38.9 Å². The van der Waals surface area contributed by atoms with Gasteiger partial charge in [0, 0.05) is 31.7 Å². The summed E-state index contributed by atoms with van der Waals surface area (Å²) in [5, 5.41) is 3.79. The first-order chi connectivity index (χ1) is 8.58. The first-order valence-electron chi connectivity index (χ1n) is 7.70. The molecule has 0 spiro atoms. The lowest BCUT2D eigenvalue weighted by molar-refractivity contribution is 0.0807. The average molecular weight is 255 g/mol. The number of hydrogen-bond acceptors (Lipinski definition) is 3. The van der Waals surface area contributed by atoms with Crippen LogP contribution in [0.15, 0.2) is 0 Å². The highest BCUT2D eigenvalue weighted by atomic mass is 15.3. The molecule has 3 heteroatoms. The van der Waals surface area contributed by atoms with Gasteiger partial charge >= 0.3 is 0 Å². The van der Waals surface area contributed by atoms with E-state index in [0.29, 0.717) is 12.1 Å². The van der Waals surface area contributed by atoms with Gasteiger partial charge in [-0.3, -0.25) is 4.90 Å². The molecule has 3 unspecified atom stereocenters. The lowest BCUT2D eigenvalue weighted by atomic mass is 9.92. The quantitative estimate of drug-likeness (QED) is 0.751. The SMILES string of the molecule is CCCNC(CC(C)CC)C1CN(C)CCN1C. The molecule has 1 rings (SSSR count). The summed E-state index contributed by atoms with van der Waals surface area (Å²) in [6, 6.07) is 1.32. The molecule has 3 nitrogen and oxygen atoms in total. The van der Waals surface area contributed by atoms with Crippen molar-refractivity contribution in [3.05, 3.63) is 0 Å². The zero-order valence-corrected chi connectivity index (χ0v) is 13.1. The summed E-state index contributed by atoms with van der Waals surface area (Å²) in [6.07, 6.45) is 3.82. The third-order valence-electron chi connectivity index (χ3n) is 4.37. The van der Waals surface area contributed by atoms with E-state index in [1.807, 2.05) is 0 Å². The van der Waals surface area contributed by atoms with Crippen molar-refractivity contribution in [2.75, 3.05) is 40.3 Å². The van der Waals surface area contributed by atoms with E-state index in [4.69, 9.17) is 0 Å². The number of rotatable bonds is 7. The molecule has 0 aromatic rings. The molecule has 0 amide bonds. The maximum Gasteiger partial charge on any atom is 0.0374 e. The van der Waals surface area contributed by atoms with E-state index >= 15 is 0 Å². The van der Waals surface area contributed by atoms with Crippen LogP contribution in [0.3, 0.4) is 0 Å². The largest absolute Gasteiger partial charge is 0.312 e. The molecule has 1 N–H and O–H groups in total. The highest BCUT2D eigenvalue weighted by molar-refractivity contribution is 4.89. The number of likely N-dealkylation sites (N-methyl/N-ethyl adjacent to an activating group) is 2. The predicted octanol–water partition coefficient (Wildman–Crippen LogP) is 2.04. The second-order valence-corrected chi connectivity index (χ2v) is 6.12. The van der Waals surface area contributed by atoms with Gasteiger partial charge in [-0.1, -0.05) is 27.2 Å². The Kier molecular flexibility index (Phi) is 7.20. The average Bonchev–Trinajstić information content (AvgIpc) is 2.37. The number of piperazine rings is 1. The number of hydrogen-bond donors (Lipinski definition) is 1. The van der Waals surface area contributed by atoms with Crippen LogP contribution in [0.4, 0.5) is 0 Å². The maximum atomic E-state index is 3.79. The summed E-state index contributed by atoms with van der Waals surface area (Å²) in [5.74, 6) is 0.819. The smallest absolute Gasteiger partial charge is 0.0374 e. The van der Waals surface area contributed by atoms with Crippen LogP contribution in [-0.4, -0.2) is 62.2 Å². The van der Waals surface area contributed by atoms with Gasteiger partial charge < -0.3 is 10.2 Å². The molecule has 0 aromatic heterocycles. The molecule has 0 saturated carbocycles. The van der Waals surface area contributed by atoms with Gasteiger partial charge in [0.25, 0.3) is 0 Å². The van der Waals surface area contributed by atoms with E-state index in [2.05, 4.69) is 50.0 Å². The zero-order chi connectivity index (χ0) is 13.5. The Bertz CT molecular complexity index is 220. The van der Waals surface area contributed by atoms with Crippen molar-refractivity contribution >= 4 is 0 Å². The van der Waals surface area contributed by atoms with Crippen molar-refractivity contribution in [3.63, 3.8) is 0 Å². The van der Waals surface area contributed by atoms with Crippen molar-refractivity contribution in [3.8, 4) is 0 Å². The van der Waals surface area contributed by atoms with Crippen molar-refractivity contribution < 1.29 is 0 Å². The van der Waals surface area contributed by atoms with Crippen molar-refractivity contribution in [1.29, 1.82) is 0 Å². The summed E-state index contributed by atoms with van der Waals surface area (Å²) in [4.78, 5) is 5.03. The molecule has 0 bridgehead atoms. The molecule has 0 radical (unpaired) electrons. The van der Waals surface area contributed by atoms with Gasteiger partial charge in [0.15, 0.2) is 0 Å². The van der Waals surface area contributed by atoms with Gasteiger partial charge in [-0.25, -0.2) is 0 Å². The van der Waals surface area contributed by atoms with E-state index in [9.17, 15) is 0 Å². The maximum absolute atomic E-state index is 3.79. The lowest BCUT2D eigenvalue weighted by Gasteiger charge is -2.43. The van der Waals surface area contributed by atoms with Gasteiger partial charge in [0.2, 0.25) is 0 Å². The van der Waals surface area contributed by atoms with Crippen LogP contribution >= 0.6 is 0 Å². The summed E-state index contributed by atoms with van der Waals surface area (Å²) in [6.45, 7) is 11.7. The molecule has 108 valence electrons. The molecule has 18 heavy (non-hydrogen) atoms. The Morgan fingerprint density at radius 1 is 1.22 bits per heavy atom. The van der Waals surface area contributed by atoms with Crippen molar-refractivity contribution in [1.82, 2.24) is 15.1 Å². The minimum Gasteiger partial charge on any atom is -0.312 e. The Hall–Kier alpha value is -0.120. The van der Waals surface area contributed by atoms with Gasteiger partial charge in [-0.2, -0.15) is 0 Å². The van der Waals surface area contributed by atoms with Gasteiger partial charge in [0.05, 0.1) is 0 Å². The standard InChI is InChI=1S/C15H33N3/c1-6-8-16-14(11-13(3)7-2)15-12-17(4)9-10-18(15)5/h13-16H,6-12H2,1-5H3. The van der Waals surface area contributed by atoms with Gasteiger partial charge in [0.1, 0.15) is 0 Å². The minimum atomic E-state index is 0.646. The number of nitrogens with one attached hydrogen (secondary N) is 1. The fourth-order valence-electron chi connectivity index (χ4n) is 2.79. The van der Waals surface area contributed by atoms with Crippen LogP contribution in [0.25, 0.3) is 0 Å². The molecule has 1 fully saturated rings. The zero-order valence-electron chi connectivity index (χ0n) is 13.1. The van der Waals surface area contributed by atoms with Crippen LogP contribution in [0.1, 0.15) is 40.0 Å². The topological polar surface area (TPSA) is 18.5 Å². The molecule has 3 atom stereocenters. The molecule has 1 aliphatic rings. The molecule has 1 aliphatic heterocycles. The molecule has 0 aliphatic carbocycles. The monoisotopic (exact) mass is 255 g/mol. The Morgan fingerprint density at radius 3 is 2.56 bits per heavy atom. The molecule has 1 heterocycles. The summed E-state index contributed by atoms with van der Waals surface area (Å²) in [7, 11) is 4.54. The van der Waals surface area contributed by atoms with Gasteiger partial charge in [-0.05, 0) is 39.4 Å². The van der Waals surface area contributed by atoms with Crippen LogP contribution in [-0.2, 0) is 0 Å². The van der Waals surface area contributed by atoms with Gasteiger partial charge in [-0.15, -0.1) is 0 Å². The Labute approximate surface area is 114 Å². The third kappa shape index (κ3) is 4.87. The fourth-order valence-corrected chi connectivity index (χ4v) is 2.79. The van der Waals surface area contributed by atoms with Crippen LogP contribution in [0, 0.1) is 5.92 Å². The van der Waals surface area contributed by atoms with Crippen LogP contribution < -0.4 is 5.32 Å². The van der Waals surface area contributed by atoms with Crippen LogP contribution in [0.2, 0.25) is 0 Å². The summed E-state index contributed by atoms with van der Waals surface area (Å²) in [5.41, 5.74) is 0. The van der Waals surface area contributed by atoms with E-state index in [0.717, 1.165) is 12.5 Å². The number of nitrogens with zero attached hydrogens (tertiary/aromatic N) is 2. The Balaban J connectivity index is 2.60. The molecular weight excluding hydrogens is 222 g/mol. The molecule has 1 saturated heterocycles. The Morgan fingerprint density at radius 2 is 1.94 bits per heavy atom. The van der Waals surface area contributed by atoms with Crippen molar-refractivity contribution in [2.45, 2.75) is 52.1 Å². The summed E-state index contributed by atoms with van der Waals surface area (Å²) >= 11 is 0. The second kappa shape index (κ2) is 8.13. The van der Waals surface area contributed by atoms with Crippen LogP contribution in [0.5, 0.6) is 0 Å². The summed E-state index contributed by atoms with van der Waals surface area (Å²) < 4.78 is 0. The normalized spacial score (nSPS) is 26.2. The first kappa shape index (κ1) is 15.9. The second-order valence-electron chi connectivity index (χ2n) is 6.12. The highest BCUT2D eigenvalue weighted by Crippen LogP contribution is 2.18. The van der Waals surface area contributed by atoms with E-state index in [1.54, 1.807) is 0 Å². The lowest BCUT2D eigenvalue weighted by Crippen LogP contribution is -2.59. The minimum absolute atomic E-state index is 0.646. The first-order valence-corrected chi connectivity index (χ1v) is 7.70.